The third-order valence-electron chi connectivity index (χ3n) is 4.02. The molecule has 1 unspecified atom stereocenters. The summed E-state index contributed by atoms with van der Waals surface area (Å²) in [5.74, 6) is -0.931. The number of halogens is 3. The predicted molar refractivity (Wildman–Crippen MR) is 66.8 cm³/mol. The van der Waals surface area contributed by atoms with Gasteiger partial charge in [-0.05, 0) is 40.9 Å². The zero-order valence-corrected chi connectivity index (χ0v) is 11.8. The largest absolute Gasteiger partial charge is 0.404 e. The summed E-state index contributed by atoms with van der Waals surface area (Å²) in [7, 11) is 3.64. The van der Waals surface area contributed by atoms with Crippen molar-refractivity contribution in [3.8, 4) is 0 Å². The fraction of sp³-hybridized carbons (Fsp3) is 0.917. The van der Waals surface area contributed by atoms with Crippen LogP contribution in [0.2, 0.25) is 0 Å². The Labute approximate surface area is 111 Å². The molecule has 0 aromatic carbocycles. The SMILES string of the molecule is CN(C)C(C)(C)CNC(=O)C1(C(F)(F)F)CCNC1. The standard InChI is InChI=1S/C12H22F3N3O/c1-10(2,18(3)4)7-17-9(19)11(12(13,14)15)5-6-16-8-11/h16H,5-8H2,1-4H3,(H,17,19). The van der Waals surface area contributed by atoms with E-state index in [2.05, 4.69) is 10.6 Å². The number of nitrogens with zero attached hydrogens (tertiary/aromatic N) is 1. The molecule has 1 heterocycles. The van der Waals surface area contributed by atoms with Gasteiger partial charge < -0.3 is 15.5 Å². The van der Waals surface area contributed by atoms with E-state index in [1.807, 2.05) is 32.8 Å². The molecule has 0 saturated carbocycles. The molecule has 1 aliphatic heterocycles. The van der Waals surface area contributed by atoms with Crippen molar-refractivity contribution < 1.29 is 18.0 Å². The molecule has 1 rings (SSSR count). The van der Waals surface area contributed by atoms with E-state index in [-0.39, 0.29) is 26.1 Å². The lowest BCUT2D eigenvalue weighted by molar-refractivity contribution is -0.216. The van der Waals surface area contributed by atoms with E-state index in [4.69, 9.17) is 0 Å². The van der Waals surface area contributed by atoms with E-state index in [1.165, 1.54) is 0 Å². The predicted octanol–water partition coefficient (Wildman–Crippen LogP) is 0.985. The summed E-state index contributed by atoms with van der Waals surface area (Å²) < 4.78 is 39.4. The molecule has 0 aromatic rings. The van der Waals surface area contributed by atoms with Gasteiger partial charge in [0, 0.05) is 18.6 Å². The minimum absolute atomic E-state index is 0.177. The van der Waals surface area contributed by atoms with Gasteiger partial charge in [-0.1, -0.05) is 0 Å². The number of carbonyl (C=O) groups is 1. The number of hydrogen-bond acceptors (Lipinski definition) is 3. The number of rotatable bonds is 4. The third kappa shape index (κ3) is 3.20. The van der Waals surface area contributed by atoms with Gasteiger partial charge in [0.15, 0.2) is 5.41 Å². The molecule has 1 aliphatic rings. The van der Waals surface area contributed by atoms with Crippen molar-refractivity contribution in [2.45, 2.75) is 32.0 Å². The second-order valence-electron chi connectivity index (χ2n) is 5.90. The monoisotopic (exact) mass is 281 g/mol. The van der Waals surface area contributed by atoms with E-state index in [0.29, 0.717) is 0 Å². The molecule has 2 N–H and O–H groups in total. The Bertz CT molecular complexity index is 334. The van der Waals surface area contributed by atoms with Crippen LogP contribution in [0.15, 0.2) is 0 Å². The molecule has 1 fully saturated rings. The Morgan fingerprint density at radius 1 is 1.37 bits per heavy atom. The van der Waals surface area contributed by atoms with Crippen LogP contribution in [-0.4, -0.2) is 56.3 Å². The first-order chi connectivity index (χ1) is 8.53. The average molecular weight is 281 g/mol. The third-order valence-corrected chi connectivity index (χ3v) is 4.02. The molecule has 0 radical (unpaired) electrons. The van der Waals surface area contributed by atoms with Gasteiger partial charge in [-0.15, -0.1) is 0 Å². The summed E-state index contributed by atoms with van der Waals surface area (Å²) in [6, 6.07) is 0. The first kappa shape index (κ1) is 16.2. The summed E-state index contributed by atoms with van der Waals surface area (Å²) in [5, 5.41) is 5.08. The van der Waals surface area contributed by atoms with Crippen LogP contribution in [-0.2, 0) is 4.79 Å². The second kappa shape index (κ2) is 5.28. The van der Waals surface area contributed by atoms with Crippen molar-refractivity contribution in [2.75, 3.05) is 33.7 Å². The van der Waals surface area contributed by atoms with E-state index in [9.17, 15) is 18.0 Å². The van der Waals surface area contributed by atoms with Crippen LogP contribution in [0.3, 0.4) is 0 Å². The first-order valence-corrected chi connectivity index (χ1v) is 6.26. The molecular weight excluding hydrogens is 259 g/mol. The van der Waals surface area contributed by atoms with Crippen LogP contribution in [0.4, 0.5) is 13.2 Å². The maximum Gasteiger partial charge on any atom is 0.404 e. The van der Waals surface area contributed by atoms with Crippen molar-refractivity contribution >= 4 is 5.91 Å². The number of likely N-dealkylation sites (N-methyl/N-ethyl adjacent to an activating group) is 1. The van der Waals surface area contributed by atoms with E-state index in [0.717, 1.165) is 0 Å². The van der Waals surface area contributed by atoms with E-state index >= 15 is 0 Å². The highest BCUT2D eigenvalue weighted by molar-refractivity contribution is 5.84. The van der Waals surface area contributed by atoms with E-state index < -0.39 is 23.0 Å². The molecule has 1 atom stereocenters. The van der Waals surface area contributed by atoms with Crippen LogP contribution in [0, 0.1) is 5.41 Å². The van der Waals surface area contributed by atoms with Gasteiger partial charge in [-0.2, -0.15) is 13.2 Å². The number of hydrogen-bond donors (Lipinski definition) is 2. The molecule has 19 heavy (non-hydrogen) atoms. The molecule has 0 bridgehead atoms. The molecular formula is C12H22F3N3O. The smallest absolute Gasteiger partial charge is 0.353 e. The first-order valence-electron chi connectivity index (χ1n) is 6.26. The Balaban J connectivity index is 2.76. The number of amides is 1. The highest BCUT2D eigenvalue weighted by atomic mass is 19.4. The molecule has 0 spiro atoms. The molecule has 112 valence electrons. The van der Waals surface area contributed by atoms with Crippen molar-refractivity contribution in [3.63, 3.8) is 0 Å². The number of nitrogens with one attached hydrogen (secondary N) is 2. The molecule has 0 aromatic heterocycles. The fourth-order valence-corrected chi connectivity index (χ4v) is 1.88. The van der Waals surface area contributed by atoms with Crippen LogP contribution in [0.5, 0.6) is 0 Å². The maximum absolute atomic E-state index is 13.1. The minimum Gasteiger partial charge on any atom is -0.353 e. The van der Waals surface area contributed by atoms with Crippen molar-refractivity contribution in [3.05, 3.63) is 0 Å². The fourth-order valence-electron chi connectivity index (χ4n) is 1.88. The van der Waals surface area contributed by atoms with Crippen LogP contribution in [0.25, 0.3) is 0 Å². The molecule has 4 nitrogen and oxygen atoms in total. The van der Waals surface area contributed by atoms with E-state index in [1.54, 1.807) is 0 Å². The maximum atomic E-state index is 13.1. The van der Waals surface area contributed by atoms with Gasteiger partial charge >= 0.3 is 6.18 Å². The summed E-state index contributed by atoms with van der Waals surface area (Å²) in [5.41, 5.74) is -2.68. The molecule has 0 aliphatic carbocycles. The van der Waals surface area contributed by atoms with Crippen molar-refractivity contribution in [1.82, 2.24) is 15.5 Å². The second-order valence-corrected chi connectivity index (χ2v) is 5.90. The summed E-state index contributed by atoms with van der Waals surface area (Å²) in [6.45, 7) is 3.77. The highest BCUT2D eigenvalue weighted by Crippen LogP contribution is 2.43. The zero-order valence-electron chi connectivity index (χ0n) is 11.8. The van der Waals surface area contributed by atoms with Crippen molar-refractivity contribution in [2.24, 2.45) is 5.41 Å². The Hall–Kier alpha value is -0.820. The normalized spacial score (nSPS) is 24.8. The van der Waals surface area contributed by atoms with Gasteiger partial charge in [0.2, 0.25) is 5.91 Å². The van der Waals surface area contributed by atoms with Gasteiger partial charge in [0.25, 0.3) is 0 Å². The average Bonchev–Trinajstić information content (AvgIpc) is 2.75. The van der Waals surface area contributed by atoms with Gasteiger partial charge in [-0.25, -0.2) is 0 Å². The Morgan fingerprint density at radius 3 is 2.32 bits per heavy atom. The molecule has 1 saturated heterocycles. The lowest BCUT2D eigenvalue weighted by Crippen LogP contribution is -2.56. The number of alkyl halides is 3. The lowest BCUT2D eigenvalue weighted by atomic mass is 9.85. The highest BCUT2D eigenvalue weighted by Gasteiger charge is 2.61. The van der Waals surface area contributed by atoms with Gasteiger partial charge in [0.05, 0.1) is 0 Å². The molecule has 7 heteroatoms. The summed E-state index contributed by atoms with van der Waals surface area (Å²) in [4.78, 5) is 13.9. The Kier molecular flexibility index (Phi) is 4.51. The number of carbonyl (C=O) groups excluding carboxylic acids is 1. The van der Waals surface area contributed by atoms with Crippen LogP contribution >= 0.6 is 0 Å². The van der Waals surface area contributed by atoms with Gasteiger partial charge in [0.1, 0.15) is 0 Å². The quantitative estimate of drug-likeness (QED) is 0.807. The lowest BCUT2D eigenvalue weighted by Gasteiger charge is -2.35. The van der Waals surface area contributed by atoms with Gasteiger partial charge in [-0.3, -0.25) is 4.79 Å². The molecule has 1 amide bonds. The topological polar surface area (TPSA) is 44.4 Å². The summed E-state index contributed by atoms with van der Waals surface area (Å²) in [6.07, 6.45) is -4.73. The van der Waals surface area contributed by atoms with Crippen LogP contribution < -0.4 is 10.6 Å². The minimum atomic E-state index is -4.52. The Morgan fingerprint density at radius 2 is 1.95 bits per heavy atom. The van der Waals surface area contributed by atoms with Crippen LogP contribution in [0.1, 0.15) is 20.3 Å². The zero-order chi connectivity index (χ0) is 14.9. The summed E-state index contributed by atoms with van der Waals surface area (Å²) >= 11 is 0. The van der Waals surface area contributed by atoms with Crippen molar-refractivity contribution in [1.29, 1.82) is 0 Å².